The van der Waals surface area contributed by atoms with Gasteiger partial charge in [0.1, 0.15) is 11.8 Å². The van der Waals surface area contributed by atoms with Crippen LogP contribution in [0.3, 0.4) is 0 Å². The van der Waals surface area contributed by atoms with Gasteiger partial charge in [-0.25, -0.2) is 4.79 Å². The van der Waals surface area contributed by atoms with Crippen molar-refractivity contribution in [2.24, 2.45) is 0 Å². The third kappa shape index (κ3) is 1.96. The van der Waals surface area contributed by atoms with E-state index in [0.29, 0.717) is 0 Å². The van der Waals surface area contributed by atoms with Gasteiger partial charge in [-0.05, 0) is 37.1 Å². The minimum Gasteiger partial charge on any atom is -0.508 e. The Morgan fingerprint density at radius 1 is 1.44 bits per heavy atom. The lowest BCUT2D eigenvalue weighted by atomic mass is 10.2. The molecule has 1 aromatic carbocycles. The van der Waals surface area contributed by atoms with Gasteiger partial charge >= 0.3 is 5.97 Å². The quantitative estimate of drug-likeness (QED) is 0.769. The number of esters is 1. The normalized spacial score (nSPS) is 19.8. The Kier molecular flexibility index (Phi) is 2.99. The van der Waals surface area contributed by atoms with E-state index in [1.54, 1.807) is 12.1 Å². The van der Waals surface area contributed by atoms with Gasteiger partial charge in [0.2, 0.25) is 0 Å². The topological polar surface area (TPSA) is 49.8 Å². The summed E-state index contributed by atoms with van der Waals surface area (Å²) in [5.41, 5.74) is 0.950. The molecule has 86 valence electrons. The van der Waals surface area contributed by atoms with Gasteiger partial charge in [-0.15, -0.1) is 0 Å². The summed E-state index contributed by atoms with van der Waals surface area (Å²) in [6.07, 6.45) is 1.81. The number of carbonyl (C=O) groups is 1. The summed E-state index contributed by atoms with van der Waals surface area (Å²) in [6.45, 7) is 0.852. The molecule has 1 aliphatic heterocycles. The molecular weight excluding hydrogens is 206 g/mol. The molecule has 0 aromatic heterocycles. The minimum absolute atomic E-state index is 0.186. The maximum atomic E-state index is 11.6. The zero-order chi connectivity index (χ0) is 11.5. The average molecular weight is 221 g/mol. The van der Waals surface area contributed by atoms with Crippen LogP contribution in [0.25, 0.3) is 0 Å². The number of hydrogen-bond donors (Lipinski definition) is 1. The average Bonchev–Trinajstić information content (AvgIpc) is 2.78. The Morgan fingerprint density at radius 2 is 2.12 bits per heavy atom. The molecule has 1 heterocycles. The van der Waals surface area contributed by atoms with Crippen molar-refractivity contribution in [1.82, 2.24) is 0 Å². The van der Waals surface area contributed by atoms with Gasteiger partial charge in [0.05, 0.1) is 7.11 Å². The zero-order valence-electron chi connectivity index (χ0n) is 9.22. The first kappa shape index (κ1) is 10.8. The van der Waals surface area contributed by atoms with E-state index in [4.69, 9.17) is 4.74 Å². The molecule has 1 fully saturated rings. The van der Waals surface area contributed by atoms with Crippen LogP contribution in [0.5, 0.6) is 5.75 Å². The van der Waals surface area contributed by atoms with Crippen molar-refractivity contribution in [3.63, 3.8) is 0 Å². The van der Waals surface area contributed by atoms with Crippen LogP contribution in [-0.2, 0) is 9.53 Å². The second-order valence-corrected chi connectivity index (χ2v) is 3.89. The second-order valence-electron chi connectivity index (χ2n) is 3.89. The summed E-state index contributed by atoms with van der Waals surface area (Å²) in [6, 6.07) is 6.70. The van der Waals surface area contributed by atoms with E-state index in [0.717, 1.165) is 25.1 Å². The highest BCUT2D eigenvalue weighted by Crippen LogP contribution is 2.27. The molecule has 1 aromatic rings. The number of phenols is 1. The van der Waals surface area contributed by atoms with Gasteiger partial charge in [-0.2, -0.15) is 0 Å². The van der Waals surface area contributed by atoms with Crippen molar-refractivity contribution in [3.05, 3.63) is 24.3 Å². The highest BCUT2D eigenvalue weighted by atomic mass is 16.5. The smallest absolute Gasteiger partial charge is 0.328 e. The lowest BCUT2D eigenvalue weighted by Crippen LogP contribution is -2.36. The van der Waals surface area contributed by atoms with E-state index >= 15 is 0 Å². The molecule has 1 saturated heterocycles. The number of phenolic OH excluding ortho intramolecular Hbond substituents is 1. The summed E-state index contributed by atoms with van der Waals surface area (Å²) in [5.74, 6) is 0.0446. The number of benzene rings is 1. The molecule has 0 saturated carbocycles. The molecule has 1 atom stereocenters. The van der Waals surface area contributed by atoms with Crippen molar-refractivity contribution >= 4 is 11.7 Å². The number of rotatable bonds is 2. The van der Waals surface area contributed by atoms with Gasteiger partial charge in [0, 0.05) is 12.2 Å². The lowest BCUT2D eigenvalue weighted by Gasteiger charge is -2.24. The highest BCUT2D eigenvalue weighted by Gasteiger charge is 2.31. The van der Waals surface area contributed by atoms with Crippen molar-refractivity contribution in [3.8, 4) is 5.75 Å². The largest absolute Gasteiger partial charge is 0.508 e. The summed E-state index contributed by atoms with van der Waals surface area (Å²) in [4.78, 5) is 13.6. The predicted octanol–water partition coefficient (Wildman–Crippen LogP) is 1.53. The molecule has 0 spiro atoms. The Hall–Kier alpha value is -1.71. The standard InChI is InChI=1S/C12H15NO3/c1-16-12(15)11-3-2-8-13(11)9-4-6-10(14)7-5-9/h4-7,11,14H,2-3,8H2,1H3/t11-/m1/s1. The maximum Gasteiger partial charge on any atom is 0.328 e. The molecule has 2 rings (SSSR count). The third-order valence-corrected chi connectivity index (χ3v) is 2.91. The molecule has 0 radical (unpaired) electrons. The SMILES string of the molecule is COC(=O)[C@H]1CCCN1c1ccc(O)cc1. The van der Waals surface area contributed by atoms with E-state index in [2.05, 4.69) is 0 Å². The fourth-order valence-corrected chi connectivity index (χ4v) is 2.10. The fraction of sp³-hybridized carbons (Fsp3) is 0.417. The van der Waals surface area contributed by atoms with Crippen molar-refractivity contribution in [2.75, 3.05) is 18.6 Å². The summed E-state index contributed by atoms with van der Waals surface area (Å²) >= 11 is 0. The van der Waals surface area contributed by atoms with Crippen LogP contribution in [0, 0.1) is 0 Å². The first-order valence-corrected chi connectivity index (χ1v) is 5.36. The third-order valence-electron chi connectivity index (χ3n) is 2.91. The van der Waals surface area contributed by atoms with E-state index in [9.17, 15) is 9.90 Å². The molecule has 4 heteroatoms. The fourth-order valence-electron chi connectivity index (χ4n) is 2.10. The number of anilines is 1. The van der Waals surface area contributed by atoms with Crippen LogP contribution in [0.4, 0.5) is 5.69 Å². The van der Waals surface area contributed by atoms with Crippen molar-refractivity contribution in [1.29, 1.82) is 0 Å². The number of ether oxygens (including phenoxy) is 1. The maximum absolute atomic E-state index is 11.6. The van der Waals surface area contributed by atoms with Crippen LogP contribution in [0.15, 0.2) is 24.3 Å². The molecule has 16 heavy (non-hydrogen) atoms. The molecule has 0 amide bonds. The van der Waals surface area contributed by atoms with Crippen molar-refractivity contribution in [2.45, 2.75) is 18.9 Å². The van der Waals surface area contributed by atoms with Crippen LogP contribution in [0.1, 0.15) is 12.8 Å². The summed E-state index contributed by atoms with van der Waals surface area (Å²) < 4.78 is 4.78. The first-order valence-electron chi connectivity index (χ1n) is 5.36. The van der Waals surface area contributed by atoms with Crippen LogP contribution in [0.2, 0.25) is 0 Å². The summed E-state index contributed by atoms with van der Waals surface area (Å²) in [7, 11) is 1.41. The lowest BCUT2D eigenvalue weighted by molar-refractivity contribution is -0.141. The Bertz CT molecular complexity index is 374. The molecular formula is C12H15NO3. The molecule has 1 aliphatic rings. The minimum atomic E-state index is -0.189. The molecule has 0 aliphatic carbocycles. The van der Waals surface area contributed by atoms with Gasteiger partial charge in [-0.1, -0.05) is 0 Å². The van der Waals surface area contributed by atoms with Crippen LogP contribution < -0.4 is 4.90 Å². The number of hydrogen-bond acceptors (Lipinski definition) is 4. The Labute approximate surface area is 94.4 Å². The Morgan fingerprint density at radius 3 is 2.75 bits per heavy atom. The molecule has 4 nitrogen and oxygen atoms in total. The monoisotopic (exact) mass is 221 g/mol. The van der Waals surface area contributed by atoms with Gasteiger partial charge < -0.3 is 14.7 Å². The Balaban J connectivity index is 2.19. The van der Waals surface area contributed by atoms with Crippen LogP contribution >= 0.6 is 0 Å². The van der Waals surface area contributed by atoms with E-state index in [1.165, 1.54) is 7.11 Å². The summed E-state index contributed by atoms with van der Waals surface area (Å²) in [5, 5.41) is 9.21. The van der Waals surface area contributed by atoms with E-state index < -0.39 is 0 Å². The number of methoxy groups -OCH3 is 1. The zero-order valence-corrected chi connectivity index (χ0v) is 9.22. The van der Waals surface area contributed by atoms with Gasteiger partial charge in [0.15, 0.2) is 0 Å². The predicted molar refractivity (Wildman–Crippen MR) is 60.5 cm³/mol. The van der Waals surface area contributed by atoms with Gasteiger partial charge in [-0.3, -0.25) is 0 Å². The molecule has 1 N–H and O–H groups in total. The van der Waals surface area contributed by atoms with Crippen LogP contribution in [-0.4, -0.2) is 30.8 Å². The van der Waals surface area contributed by atoms with Crippen molar-refractivity contribution < 1.29 is 14.6 Å². The number of nitrogens with zero attached hydrogens (tertiary/aromatic N) is 1. The number of carbonyl (C=O) groups excluding carboxylic acids is 1. The molecule has 0 bridgehead atoms. The van der Waals surface area contributed by atoms with E-state index in [-0.39, 0.29) is 17.8 Å². The van der Waals surface area contributed by atoms with E-state index in [1.807, 2.05) is 17.0 Å². The first-order chi connectivity index (χ1) is 7.72. The van der Waals surface area contributed by atoms with Gasteiger partial charge in [0.25, 0.3) is 0 Å². The second kappa shape index (κ2) is 4.43. The number of aromatic hydroxyl groups is 1. The highest BCUT2D eigenvalue weighted by molar-refractivity contribution is 5.80. The molecule has 0 unspecified atom stereocenters.